The third-order valence-corrected chi connectivity index (χ3v) is 8.00. The molecule has 1 saturated heterocycles. The van der Waals surface area contributed by atoms with Crippen LogP contribution in [-0.4, -0.2) is 96.1 Å². The van der Waals surface area contributed by atoms with Crippen LogP contribution in [0.3, 0.4) is 0 Å². The highest BCUT2D eigenvalue weighted by Gasteiger charge is 2.32. The van der Waals surface area contributed by atoms with E-state index in [-0.39, 0.29) is 29.3 Å². The molecule has 1 aliphatic carbocycles. The fourth-order valence-electron chi connectivity index (χ4n) is 5.75. The zero-order chi connectivity index (χ0) is 32.1. The second kappa shape index (κ2) is 13.9. The molecular weight excluding hydrogens is 612 g/mol. The first-order valence-corrected chi connectivity index (χ1v) is 15.1. The molecule has 246 valence electrons. The van der Waals surface area contributed by atoms with E-state index < -0.39 is 24.7 Å². The molecule has 0 spiro atoms. The summed E-state index contributed by atoms with van der Waals surface area (Å²) < 4.78 is 73.1. The Hall–Kier alpha value is -4.38. The summed E-state index contributed by atoms with van der Waals surface area (Å²) in [7, 11) is 0. The molecule has 4 heterocycles. The van der Waals surface area contributed by atoms with Gasteiger partial charge in [-0.3, -0.25) is 9.58 Å². The molecule has 1 saturated carbocycles. The molecule has 0 unspecified atom stereocenters. The number of hydrogen-bond acceptors (Lipinski definition) is 11. The van der Waals surface area contributed by atoms with Crippen LogP contribution in [0.15, 0.2) is 43.1 Å². The number of nitrogens with one attached hydrogen (secondary N) is 1. The van der Waals surface area contributed by atoms with E-state index in [1.54, 1.807) is 23.9 Å². The summed E-state index contributed by atoms with van der Waals surface area (Å²) in [5, 5.41) is 18.3. The van der Waals surface area contributed by atoms with Crippen LogP contribution in [-0.2, 0) is 11.3 Å². The van der Waals surface area contributed by atoms with Crippen LogP contribution in [0.1, 0.15) is 38.6 Å². The zero-order valence-electron chi connectivity index (χ0n) is 25.1. The monoisotopic (exact) mass is 646 g/mol. The van der Waals surface area contributed by atoms with Crippen molar-refractivity contribution in [3.05, 3.63) is 48.9 Å². The highest BCUT2D eigenvalue weighted by atomic mass is 19.4. The smallest absolute Gasteiger partial charge is 0.422 e. The van der Waals surface area contributed by atoms with Gasteiger partial charge >= 0.3 is 6.18 Å². The predicted molar refractivity (Wildman–Crippen MR) is 156 cm³/mol. The van der Waals surface area contributed by atoms with Crippen molar-refractivity contribution in [2.24, 2.45) is 0 Å². The Morgan fingerprint density at radius 3 is 2.48 bits per heavy atom. The molecule has 46 heavy (non-hydrogen) atoms. The molecule has 6 rings (SSSR count). The number of anilines is 2. The Morgan fingerprint density at radius 2 is 1.78 bits per heavy atom. The summed E-state index contributed by atoms with van der Waals surface area (Å²) in [6.07, 6.45) is 4.77. The minimum atomic E-state index is -4.53. The van der Waals surface area contributed by atoms with Gasteiger partial charge in [-0.1, -0.05) is 6.07 Å². The number of alkyl halides is 3. The quantitative estimate of drug-likeness (QED) is 0.232. The number of benzene rings is 1. The van der Waals surface area contributed by atoms with Gasteiger partial charge in [-0.2, -0.15) is 13.2 Å². The first kappa shape index (κ1) is 31.6. The van der Waals surface area contributed by atoms with Gasteiger partial charge in [-0.15, -0.1) is 10.2 Å². The normalized spacial score (nSPS) is 19.9. The minimum absolute atomic E-state index is 0.0230. The second-order valence-corrected chi connectivity index (χ2v) is 11.4. The van der Waals surface area contributed by atoms with Gasteiger partial charge in [0.05, 0.1) is 32.0 Å². The van der Waals surface area contributed by atoms with Gasteiger partial charge in [0.25, 0.3) is 5.88 Å². The Morgan fingerprint density at radius 1 is 1.04 bits per heavy atom. The maximum Gasteiger partial charge on any atom is 0.422 e. The maximum absolute atomic E-state index is 14.5. The molecule has 1 N–H and O–H groups in total. The topological polar surface area (TPSA) is 130 Å². The van der Waals surface area contributed by atoms with Crippen LogP contribution in [0.25, 0.3) is 11.1 Å². The Kier molecular flexibility index (Phi) is 9.58. The molecule has 1 aromatic carbocycles. The van der Waals surface area contributed by atoms with Crippen LogP contribution in [0.2, 0.25) is 0 Å². The van der Waals surface area contributed by atoms with Crippen LogP contribution in [0.4, 0.5) is 29.2 Å². The summed E-state index contributed by atoms with van der Waals surface area (Å²) in [5.41, 5.74) is 1.40. The van der Waals surface area contributed by atoms with Gasteiger partial charge in [0.15, 0.2) is 18.2 Å². The number of tetrazole rings is 1. The molecule has 0 bridgehead atoms. The highest BCUT2D eigenvalue weighted by molar-refractivity contribution is 5.65. The van der Waals surface area contributed by atoms with E-state index >= 15 is 0 Å². The minimum Gasteiger partial charge on any atom is -0.486 e. The van der Waals surface area contributed by atoms with Crippen LogP contribution in [0.5, 0.6) is 11.6 Å². The summed E-state index contributed by atoms with van der Waals surface area (Å²) in [5.74, 6) is -0.552. The van der Waals surface area contributed by atoms with E-state index in [4.69, 9.17) is 14.2 Å². The van der Waals surface area contributed by atoms with Crippen molar-refractivity contribution in [2.45, 2.75) is 63.5 Å². The lowest BCUT2D eigenvalue weighted by Gasteiger charge is -2.38. The number of aromatic nitrogens is 8. The Balaban J connectivity index is 1.13. The van der Waals surface area contributed by atoms with Crippen LogP contribution >= 0.6 is 0 Å². The lowest BCUT2D eigenvalue weighted by molar-refractivity contribution is -0.154. The third kappa shape index (κ3) is 8.06. The SMILES string of the molecule is C[C@@H](Cn1cnnn1)Oc1cc(-c2cnc(Nc3cn(C4CCC(N5CCOCC5)CC4)nc3OCC(F)(F)F)nc2)ccc1F. The Labute approximate surface area is 261 Å². The van der Waals surface area contributed by atoms with E-state index in [9.17, 15) is 17.6 Å². The van der Waals surface area contributed by atoms with Crippen LogP contribution in [0, 0.1) is 5.82 Å². The fourth-order valence-corrected chi connectivity index (χ4v) is 5.75. The molecule has 1 atom stereocenters. The predicted octanol–water partition coefficient (Wildman–Crippen LogP) is 4.43. The number of rotatable bonds is 11. The molecule has 0 radical (unpaired) electrons. The molecule has 17 heteroatoms. The van der Waals surface area contributed by atoms with E-state index in [0.29, 0.717) is 23.7 Å². The molecule has 0 amide bonds. The maximum atomic E-state index is 14.5. The van der Waals surface area contributed by atoms with Crippen molar-refractivity contribution in [3.8, 4) is 22.8 Å². The first-order chi connectivity index (χ1) is 22.2. The van der Waals surface area contributed by atoms with Crippen molar-refractivity contribution < 1.29 is 31.8 Å². The lowest BCUT2D eigenvalue weighted by atomic mass is 9.90. The second-order valence-electron chi connectivity index (χ2n) is 11.4. The van der Waals surface area contributed by atoms with E-state index in [2.05, 4.69) is 40.8 Å². The summed E-state index contributed by atoms with van der Waals surface area (Å²) in [6, 6.07) is 4.88. The molecule has 4 aromatic rings. The van der Waals surface area contributed by atoms with Crippen molar-refractivity contribution in [1.29, 1.82) is 0 Å². The van der Waals surface area contributed by atoms with E-state index in [0.717, 1.165) is 52.0 Å². The third-order valence-electron chi connectivity index (χ3n) is 8.00. The van der Waals surface area contributed by atoms with Gasteiger partial charge < -0.3 is 19.5 Å². The fraction of sp³-hybridized carbons (Fsp3) is 0.517. The summed E-state index contributed by atoms with van der Waals surface area (Å²) >= 11 is 0. The van der Waals surface area contributed by atoms with Gasteiger partial charge in [-0.05, 0) is 60.7 Å². The first-order valence-electron chi connectivity index (χ1n) is 15.1. The standard InChI is InChI=1S/C29H34F4N10O3/c1-19(15-42-18-36-39-40-42)46-26-12-20(2-7-24(26)30)21-13-34-28(35-14-21)37-25-16-43(38-27(25)45-17-29(31,32)33)23-5-3-22(4-6-23)41-8-10-44-11-9-41/h2,7,12-14,16,18-19,22-23H,3-6,8-11,15,17H2,1H3,(H,34,35,37)/t19-,22?,23?/m0/s1. The molecular formula is C29H34F4N10O3. The molecule has 13 nitrogen and oxygen atoms in total. The largest absolute Gasteiger partial charge is 0.486 e. The molecule has 1 aliphatic heterocycles. The zero-order valence-corrected chi connectivity index (χ0v) is 25.1. The van der Waals surface area contributed by atoms with Crippen LogP contribution < -0.4 is 14.8 Å². The Bertz CT molecular complexity index is 1550. The molecule has 2 aliphatic rings. The van der Waals surface area contributed by atoms with Crippen molar-refractivity contribution >= 4 is 11.6 Å². The summed E-state index contributed by atoms with van der Waals surface area (Å²) in [4.78, 5) is 11.1. The summed E-state index contributed by atoms with van der Waals surface area (Å²) in [6.45, 7) is 3.91. The van der Waals surface area contributed by atoms with Gasteiger partial charge in [0.1, 0.15) is 18.1 Å². The van der Waals surface area contributed by atoms with Gasteiger partial charge in [0.2, 0.25) is 5.95 Å². The van der Waals surface area contributed by atoms with Gasteiger partial charge in [-0.25, -0.2) is 19.0 Å². The molecule has 2 fully saturated rings. The van der Waals surface area contributed by atoms with Crippen molar-refractivity contribution in [1.82, 2.24) is 44.9 Å². The van der Waals surface area contributed by atoms with Gasteiger partial charge in [0, 0.05) is 37.1 Å². The number of hydrogen-bond donors (Lipinski definition) is 1. The van der Waals surface area contributed by atoms with E-state index in [1.807, 2.05) is 0 Å². The lowest BCUT2D eigenvalue weighted by Crippen LogP contribution is -2.45. The highest BCUT2D eigenvalue weighted by Crippen LogP contribution is 2.35. The van der Waals surface area contributed by atoms with E-state index in [1.165, 1.54) is 35.5 Å². The van der Waals surface area contributed by atoms with Crippen molar-refractivity contribution in [2.75, 3.05) is 38.2 Å². The number of morpholine rings is 1. The van der Waals surface area contributed by atoms with Crippen molar-refractivity contribution in [3.63, 3.8) is 0 Å². The number of halogens is 4. The average molecular weight is 647 g/mol. The molecule has 3 aromatic heterocycles. The average Bonchev–Trinajstić information content (AvgIpc) is 3.72. The number of nitrogens with zero attached hydrogens (tertiary/aromatic N) is 9. The number of ether oxygens (including phenoxy) is 3.